The van der Waals surface area contributed by atoms with Gasteiger partial charge in [0.15, 0.2) is 0 Å². The van der Waals surface area contributed by atoms with Crippen LogP contribution in [-0.4, -0.2) is 0 Å². The zero-order valence-electron chi connectivity index (χ0n) is 12.5. The van der Waals surface area contributed by atoms with Crippen LogP contribution in [0.3, 0.4) is 0 Å². The number of hydrogen-bond donors (Lipinski definition) is 0. The van der Waals surface area contributed by atoms with Gasteiger partial charge in [-0.3, -0.25) is 0 Å². The first kappa shape index (κ1) is 17.7. The summed E-state index contributed by atoms with van der Waals surface area (Å²) in [6.07, 6.45) is 25.0. The summed E-state index contributed by atoms with van der Waals surface area (Å²) in [4.78, 5) is 0. The molecule has 0 aliphatic heterocycles. The maximum atomic E-state index is 8.28. The molecular weight excluding hydrogens is 230 g/mol. The first-order chi connectivity index (χ1) is 9.41. The fourth-order valence-electron chi connectivity index (χ4n) is 1.97. The highest BCUT2D eigenvalue weighted by Crippen LogP contribution is 2.10. The van der Waals surface area contributed by atoms with E-state index in [0.29, 0.717) is 0 Å². The van der Waals surface area contributed by atoms with Crippen molar-refractivity contribution in [1.29, 1.82) is 5.26 Å². The first-order valence-corrected chi connectivity index (χ1v) is 7.79. The molecule has 0 saturated heterocycles. The van der Waals surface area contributed by atoms with E-state index in [9.17, 15) is 0 Å². The van der Waals surface area contributed by atoms with Crippen molar-refractivity contribution in [2.24, 2.45) is 0 Å². The van der Waals surface area contributed by atoms with Crippen molar-refractivity contribution in [1.82, 2.24) is 0 Å². The lowest BCUT2D eigenvalue weighted by Crippen LogP contribution is -1.80. The van der Waals surface area contributed by atoms with E-state index in [2.05, 4.69) is 19.1 Å². The molecule has 106 valence electrons. The maximum Gasteiger partial charge on any atom is 0.0912 e. The Hall–Kier alpha value is -1.29. The Kier molecular flexibility index (Phi) is 15.6. The minimum atomic E-state index is 1.17. The molecule has 0 radical (unpaired) electrons. The Labute approximate surface area is 119 Å². The molecular formula is C18H29N. The average molecular weight is 259 g/mol. The Bertz CT molecular complexity index is 291. The van der Waals surface area contributed by atoms with E-state index in [4.69, 9.17) is 5.26 Å². The van der Waals surface area contributed by atoms with E-state index in [1.807, 2.05) is 18.2 Å². The summed E-state index contributed by atoms with van der Waals surface area (Å²) < 4.78 is 0. The molecule has 19 heavy (non-hydrogen) atoms. The van der Waals surface area contributed by atoms with Gasteiger partial charge in [0.2, 0.25) is 0 Å². The van der Waals surface area contributed by atoms with E-state index in [-0.39, 0.29) is 0 Å². The van der Waals surface area contributed by atoms with Gasteiger partial charge in [-0.15, -0.1) is 0 Å². The van der Waals surface area contributed by atoms with Gasteiger partial charge >= 0.3 is 0 Å². The molecule has 0 aliphatic carbocycles. The van der Waals surface area contributed by atoms with Crippen LogP contribution in [0.25, 0.3) is 0 Å². The number of allylic oxidation sites excluding steroid dienone is 6. The molecule has 0 unspecified atom stereocenters. The van der Waals surface area contributed by atoms with Crippen molar-refractivity contribution < 1.29 is 0 Å². The summed E-state index contributed by atoms with van der Waals surface area (Å²) in [6, 6.07) is 1.96. The highest BCUT2D eigenvalue weighted by molar-refractivity contribution is 5.15. The standard InChI is InChI=1S/C18H29N/c1-2-3-4-5-6-7-8-9-10-11-12-13-14-15-16-17-18-19/h12-17H,2-11H2,1H3/b13-12-,15-14-,17-16+. The van der Waals surface area contributed by atoms with Crippen LogP contribution in [0.2, 0.25) is 0 Å². The number of rotatable bonds is 12. The third kappa shape index (κ3) is 16.7. The summed E-state index contributed by atoms with van der Waals surface area (Å²) >= 11 is 0. The second kappa shape index (κ2) is 16.7. The second-order valence-corrected chi connectivity index (χ2v) is 4.92. The first-order valence-electron chi connectivity index (χ1n) is 7.79. The van der Waals surface area contributed by atoms with Crippen molar-refractivity contribution >= 4 is 0 Å². The summed E-state index contributed by atoms with van der Waals surface area (Å²) in [5.41, 5.74) is 0. The summed E-state index contributed by atoms with van der Waals surface area (Å²) in [5.74, 6) is 0. The minimum Gasteiger partial charge on any atom is -0.193 e. The van der Waals surface area contributed by atoms with Gasteiger partial charge < -0.3 is 0 Å². The topological polar surface area (TPSA) is 23.8 Å². The quantitative estimate of drug-likeness (QED) is 0.236. The normalized spacial score (nSPS) is 11.8. The lowest BCUT2D eigenvalue weighted by molar-refractivity contribution is 0.566. The van der Waals surface area contributed by atoms with Gasteiger partial charge in [0.25, 0.3) is 0 Å². The monoisotopic (exact) mass is 259 g/mol. The summed E-state index contributed by atoms with van der Waals surface area (Å²) in [6.45, 7) is 2.27. The third-order valence-electron chi connectivity index (χ3n) is 3.11. The van der Waals surface area contributed by atoms with Crippen molar-refractivity contribution in [3.05, 3.63) is 36.5 Å². The van der Waals surface area contributed by atoms with Crippen LogP contribution in [0.1, 0.15) is 71.1 Å². The molecule has 0 bridgehead atoms. The molecule has 0 rings (SSSR count). The molecule has 0 spiro atoms. The van der Waals surface area contributed by atoms with Crippen LogP contribution < -0.4 is 0 Å². The number of nitrogens with zero attached hydrogens (tertiary/aromatic N) is 1. The highest BCUT2D eigenvalue weighted by atomic mass is 14.2. The van der Waals surface area contributed by atoms with Crippen LogP contribution >= 0.6 is 0 Å². The molecule has 0 amide bonds. The van der Waals surface area contributed by atoms with Crippen molar-refractivity contribution in [2.45, 2.75) is 71.1 Å². The zero-order valence-corrected chi connectivity index (χ0v) is 12.5. The number of nitriles is 1. The minimum absolute atomic E-state index is 1.17. The molecule has 0 aromatic carbocycles. The molecule has 0 saturated carbocycles. The van der Waals surface area contributed by atoms with Gasteiger partial charge in [0, 0.05) is 6.08 Å². The molecule has 0 heterocycles. The number of hydrogen-bond acceptors (Lipinski definition) is 1. The summed E-state index contributed by atoms with van der Waals surface area (Å²) in [7, 11) is 0. The molecule has 0 aromatic rings. The van der Waals surface area contributed by atoms with Crippen LogP contribution in [-0.2, 0) is 0 Å². The Morgan fingerprint density at radius 2 is 1.32 bits per heavy atom. The average Bonchev–Trinajstić information content (AvgIpc) is 2.43. The predicted molar refractivity (Wildman–Crippen MR) is 84.9 cm³/mol. The molecule has 1 nitrogen and oxygen atoms in total. The van der Waals surface area contributed by atoms with Gasteiger partial charge in [-0.1, -0.05) is 88.7 Å². The lowest BCUT2D eigenvalue weighted by Gasteiger charge is -2.00. The Morgan fingerprint density at radius 3 is 1.95 bits per heavy atom. The van der Waals surface area contributed by atoms with E-state index >= 15 is 0 Å². The van der Waals surface area contributed by atoms with Crippen LogP contribution in [0.4, 0.5) is 0 Å². The summed E-state index contributed by atoms with van der Waals surface area (Å²) in [5, 5.41) is 8.28. The Balaban J connectivity index is 3.18. The molecule has 0 fully saturated rings. The Morgan fingerprint density at radius 1 is 0.737 bits per heavy atom. The van der Waals surface area contributed by atoms with Gasteiger partial charge in [-0.2, -0.15) is 5.26 Å². The molecule has 0 N–H and O–H groups in total. The molecule has 0 aromatic heterocycles. The van der Waals surface area contributed by atoms with Gasteiger partial charge in [-0.05, 0) is 12.8 Å². The fourth-order valence-corrected chi connectivity index (χ4v) is 1.97. The van der Waals surface area contributed by atoms with Crippen LogP contribution in [0.5, 0.6) is 0 Å². The second-order valence-electron chi connectivity index (χ2n) is 4.92. The van der Waals surface area contributed by atoms with Crippen molar-refractivity contribution in [3.8, 4) is 6.07 Å². The van der Waals surface area contributed by atoms with E-state index in [0.717, 1.165) is 0 Å². The lowest BCUT2D eigenvalue weighted by atomic mass is 10.1. The van der Waals surface area contributed by atoms with E-state index < -0.39 is 0 Å². The SMILES string of the molecule is CCCCCCCCCCC\C=C/C=C\C=C\C#N. The number of unbranched alkanes of at least 4 members (excludes halogenated alkanes) is 9. The third-order valence-corrected chi connectivity index (χ3v) is 3.11. The van der Waals surface area contributed by atoms with Gasteiger partial charge in [-0.25, -0.2) is 0 Å². The smallest absolute Gasteiger partial charge is 0.0912 e. The van der Waals surface area contributed by atoms with Crippen molar-refractivity contribution in [3.63, 3.8) is 0 Å². The molecule has 0 atom stereocenters. The molecule has 0 aliphatic rings. The largest absolute Gasteiger partial charge is 0.193 e. The van der Waals surface area contributed by atoms with E-state index in [1.165, 1.54) is 70.3 Å². The maximum absolute atomic E-state index is 8.28. The van der Waals surface area contributed by atoms with Crippen LogP contribution in [0, 0.1) is 11.3 Å². The highest BCUT2D eigenvalue weighted by Gasteiger charge is 1.90. The van der Waals surface area contributed by atoms with Gasteiger partial charge in [0.1, 0.15) is 0 Å². The fraction of sp³-hybridized carbons (Fsp3) is 0.611. The van der Waals surface area contributed by atoms with Gasteiger partial charge in [0.05, 0.1) is 6.07 Å². The molecule has 1 heteroatoms. The zero-order chi connectivity index (χ0) is 14.0. The predicted octanol–water partition coefficient (Wildman–Crippen LogP) is 6.10. The van der Waals surface area contributed by atoms with E-state index in [1.54, 1.807) is 6.08 Å². The van der Waals surface area contributed by atoms with Crippen LogP contribution in [0.15, 0.2) is 36.5 Å². The van der Waals surface area contributed by atoms with Crippen molar-refractivity contribution in [2.75, 3.05) is 0 Å².